The Morgan fingerprint density at radius 2 is 2.29 bits per heavy atom. The number of hydrogen-bond donors (Lipinski definition) is 1. The SMILES string of the molecule is Cc1[nH]c(=O)cc(C(F)F)c1CC#N. The molecule has 0 saturated heterocycles. The number of rotatable bonds is 2. The van der Waals surface area contributed by atoms with Crippen LogP contribution in [-0.4, -0.2) is 4.98 Å². The summed E-state index contributed by atoms with van der Waals surface area (Å²) < 4.78 is 24.9. The topological polar surface area (TPSA) is 56.6 Å². The second-order valence-electron chi connectivity index (χ2n) is 2.83. The molecule has 0 spiro atoms. The molecule has 1 heterocycles. The standard InChI is InChI=1S/C9H8F2N2O/c1-5-6(2-3-12)7(9(10)11)4-8(14)13-5/h4,9H,2H2,1H3,(H,13,14). The highest BCUT2D eigenvalue weighted by atomic mass is 19.3. The van der Waals surface area contributed by atoms with Gasteiger partial charge >= 0.3 is 0 Å². The molecule has 0 amide bonds. The number of aromatic amines is 1. The van der Waals surface area contributed by atoms with Crippen LogP contribution in [-0.2, 0) is 6.42 Å². The molecule has 3 nitrogen and oxygen atoms in total. The Hall–Kier alpha value is -1.70. The van der Waals surface area contributed by atoms with Gasteiger partial charge in [-0.15, -0.1) is 0 Å². The summed E-state index contributed by atoms with van der Waals surface area (Å²) in [7, 11) is 0. The first kappa shape index (κ1) is 10.4. The van der Waals surface area contributed by atoms with Crippen LogP contribution in [0.25, 0.3) is 0 Å². The fraction of sp³-hybridized carbons (Fsp3) is 0.333. The zero-order valence-electron chi connectivity index (χ0n) is 7.47. The van der Waals surface area contributed by atoms with Crippen LogP contribution in [0.15, 0.2) is 10.9 Å². The number of H-pyrrole nitrogens is 1. The van der Waals surface area contributed by atoms with Gasteiger partial charge in [0.2, 0.25) is 5.56 Å². The average molecular weight is 198 g/mol. The molecule has 74 valence electrons. The van der Waals surface area contributed by atoms with Crippen molar-refractivity contribution < 1.29 is 8.78 Å². The van der Waals surface area contributed by atoms with Gasteiger partial charge in [0.25, 0.3) is 6.43 Å². The molecular weight excluding hydrogens is 190 g/mol. The molecule has 0 aliphatic carbocycles. The molecule has 14 heavy (non-hydrogen) atoms. The van der Waals surface area contributed by atoms with E-state index in [-0.39, 0.29) is 17.5 Å². The molecular formula is C9H8F2N2O. The van der Waals surface area contributed by atoms with Crippen LogP contribution in [0.3, 0.4) is 0 Å². The Morgan fingerprint density at radius 1 is 1.64 bits per heavy atom. The molecule has 0 fully saturated rings. The van der Waals surface area contributed by atoms with E-state index < -0.39 is 12.0 Å². The highest BCUT2D eigenvalue weighted by Gasteiger charge is 2.15. The smallest absolute Gasteiger partial charge is 0.264 e. The van der Waals surface area contributed by atoms with Gasteiger partial charge in [-0.3, -0.25) is 4.79 Å². The predicted molar refractivity (Wildman–Crippen MR) is 46.1 cm³/mol. The molecule has 1 N–H and O–H groups in total. The maximum Gasteiger partial charge on any atom is 0.264 e. The second-order valence-corrected chi connectivity index (χ2v) is 2.83. The monoisotopic (exact) mass is 198 g/mol. The number of nitrogens with one attached hydrogen (secondary N) is 1. The van der Waals surface area contributed by atoms with Crippen molar-refractivity contribution in [3.05, 3.63) is 33.2 Å². The first-order chi connectivity index (χ1) is 6.56. The van der Waals surface area contributed by atoms with Crippen LogP contribution in [0.2, 0.25) is 0 Å². The van der Waals surface area contributed by atoms with Crippen molar-refractivity contribution in [2.45, 2.75) is 19.8 Å². The average Bonchev–Trinajstić information content (AvgIpc) is 2.09. The van der Waals surface area contributed by atoms with Crippen LogP contribution in [0.4, 0.5) is 8.78 Å². The van der Waals surface area contributed by atoms with Gasteiger partial charge in [0.15, 0.2) is 0 Å². The van der Waals surface area contributed by atoms with E-state index in [2.05, 4.69) is 4.98 Å². The summed E-state index contributed by atoms with van der Waals surface area (Å²) in [6.45, 7) is 1.50. The summed E-state index contributed by atoms with van der Waals surface area (Å²) in [5, 5.41) is 8.43. The molecule has 0 bridgehead atoms. The Morgan fingerprint density at radius 3 is 2.79 bits per heavy atom. The van der Waals surface area contributed by atoms with E-state index in [1.54, 1.807) is 6.07 Å². The molecule has 1 aromatic rings. The number of halogens is 2. The lowest BCUT2D eigenvalue weighted by Gasteiger charge is -2.07. The molecule has 1 aromatic heterocycles. The van der Waals surface area contributed by atoms with Gasteiger partial charge in [0, 0.05) is 17.3 Å². The van der Waals surface area contributed by atoms with Crippen molar-refractivity contribution in [2.75, 3.05) is 0 Å². The number of pyridine rings is 1. The molecule has 0 aliphatic rings. The fourth-order valence-electron chi connectivity index (χ4n) is 1.25. The van der Waals surface area contributed by atoms with Gasteiger partial charge in [0.1, 0.15) is 0 Å². The summed E-state index contributed by atoms with van der Waals surface area (Å²) in [6, 6.07) is 2.62. The van der Waals surface area contributed by atoms with Crippen molar-refractivity contribution >= 4 is 0 Å². The van der Waals surface area contributed by atoms with Gasteiger partial charge in [-0.1, -0.05) is 0 Å². The number of nitriles is 1. The second kappa shape index (κ2) is 4.01. The van der Waals surface area contributed by atoms with E-state index in [1.807, 2.05) is 0 Å². The molecule has 5 heteroatoms. The molecule has 0 aromatic carbocycles. The Balaban J connectivity index is 3.38. The minimum atomic E-state index is -2.72. The Labute approximate surface area is 79.0 Å². The van der Waals surface area contributed by atoms with Crippen molar-refractivity contribution in [3.8, 4) is 6.07 Å². The van der Waals surface area contributed by atoms with Gasteiger partial charge < -0.3 is 4.98 Å². The molecule has 0 saturated carbocycles. The minimum Gasteiger partial charge on any atom is -0.326 e. The van der Waals surface area contributed by atoms with Gasteiger partial charge in [-0.05, 0) is 12.5 Å². The van der Waals surface area contributed by atoms with Crippen LogP contribution in [0, 0.1) is 18.3 Å². The largest absolute Gasteiger partial charge is 0.326 e. The molecule has 0 unspecified atom stereocenters. The van der Waals surface area contributed by atoms with Gasteiger partial charge in [-0.25, -0.2) is 8.78 Å². The third kappa shape index (κ3) is 1.96. The highest BCUT2D eigenvalue weighted by Crippen LogP contribution is 2.22. The maximum atomic E-state index is 12.4. The molecule has 0 radical (unpaired) electrons. The quantitative estimate of drug-likeness (QED) is 0.786. The number of hydrogen-bond acceptors (Lipinski definition) is 2. The molecule has 0 aliphatic heterocycles. The zero-order chi connectivity index (χ0) is 10.7. The van der Waals surface area contributed by atoms with E-state index in [1.165, 1.54) is 6.92 Å². The van der Waals surface area contributed by atoms with Crippen LogP contribution in [0.1, 0.15) is 23.2 Å². The zero-order valence-corrected chi connectivity index (χ0v) is 7.47. The lowest BCUT2D eigenvalue weighted by Crippen LogP contribution is -2.12. The van der Waals surface area contributed by atoms with E-state index in [9.17, 15) is 13.6 Å². The summed E-state index contributed by atoms with van der Waals surface area (Å²) in [4.78, 5) is 13.3. The number of nitrogens with zero attached hydrogens (tertiary/aromatic N) is 1. The number of aromatic nitrogens is 1. The van der Waals surface area contributed by atoms with E-state index in [4.69, 9.17) is 5.26 Å². The lowest BCUT2D eigenvalue weighted by atomic mass is 10.0. The van der Waals surface area contributed by atoms with Crippen LogP contribution in [0.5, 0.6) is 0 Å². The van der Waals surface area contributed by atoms with Crippen molar-refractivity contribution in [1.82, 2.24) is 4.98 Å². The van der Waals surface area contributed by atoms with Crippen LogP contribution >= 0.6 is 0 Å². The lowest BCUT2D eigenvalue weighted by molar-refractivity contribution is 0.150. The van der Waals surface area contributed by atoms with Gasteiger partial charge in [-0.2, -0.15) is 5.26 Å². The summed E-state index contributed by atoms with van der Waals surface area (Å²) in [5.41, 5.74) is -0.385. The third-order valence-corrected chi connectivity index (χ3v) is 1.89. The Bertz CT molecular complexity index is 431. The maximum absolute atomic E-state index is 12.4. The number of alkyl halides is 2. The van der Waals surface area contributed by atoms with Crippen molar-refractivity contribution in [3.63, 3.8) is 0 Å². The molecule has 1 rings (SSSR count). The summed E-state index contributed by atoms with van der Waals surface area (Å²) >= 11 is 0. The minimum absolute atomic E-state index is 0.123. The van der Waals surface area contributed by atoms with E-state index in [0.717, 1.165) is 6.07 Å². The predicted octanol–water partition coefficient (Wildman–Crippen LogP) is 1.69. The summed E-state index contributed by atoms with van der Waals surface area (Å²) in [5.74, 6) is 0. The normalized spacial score (nSPS) is 10.2. The van der Waals surface area contributed by atoms with Gasteiger partial charge in [0.05, 0.1) is 12.5 Å². The van der Waals surface area contributed by atoms with E-state index >= 15 is 0 Å². The Kier molecular flexibility index (Phi) is 2.97. The van der Waals surface area contributed by atoms with Crippen LogP contribution < -0.4 is 5.56 Å². The van der Waals surface area contributed by atoms with Crippen molar-refractivity contribution in [1.29, 1.82) is 5.26 Å². The summed E-state index contributed by atoms with van der Waals surface area (Å²) in [6.07, 6.45) is -2.85. The van der Waals surface area contributed by atoms with Crippen molar-refractivity contribution in [2.24, 2.45) is 0 Å². The highest BCUT2D eigenvalue weighted by molar-refractivity contribution is 5.32. The fourth-order valence-corrected chi connectivity index (χ4v) is 1.25. The number of aryl methyl sites for hydroxylation is 1. The third-order valence-electron chi connectivity index (χ3n) is 1.89. The molecule has 0 atom stereocenters. The first-order valence-corrected chi connectivity index (χ1v) is 3.94. The van der Waals surface area contributed by atoms with E-state index in [0.29, 0.717) is 5.69 Å². The first-order valence-electron chi connectivity index (χ1n) is 3.94.